The number of likely N-dealkylation sites (tertiary alicyclic amines) is 1. The van der Waals surface area contributed by atoms with E-state index in [2.05, 4.69) is 26.9 Å². The van der Waals surface area contributed by atoms with E-state index < -0.39 is 0 Å². The van der Waals surface area contributed by atoms with Gasteiger partial charge in [0.1, 0.15) is 0 Å². The van der Waals surface area contributed by atoms with Crippen molar-refractivity contribution in [3.05, 3.63) is 30.1 Å². The summed E-state index contributed by atoms with van der Waals surface area (Å²) in [6.07, 6.45) is 12.0. The van der Waals surface area contributed by atoms with Gasteiger partial charge in [0.15, 0.2) is 0 Å². The standard InChI is InChI=1S/C18H25N3O/c22-18(20-10-2-1-3-11-20)21-16-4-5-17(21)13-15(12-16)14-6-8-19-9-7-14/h6-9,15-17H,1-5,10-13H2. The van der Waals surface area contributed by atoms with Gasteiger partial charge in [-0.3, -0.25) is 4.98 Å². The minimum absolute atomic E-state index is 0.320. The van der Waals surface area contributed by atoms with E-state index in [-0.39, 0.29) is 0 Å². The number of carbonyl (C=O) groups excluding carboxylic acids is 1. The Labute approximate surface area is 132 Å². The number of hydrogen-bond donors (Lipinski definition) is 0. The molecule has 2 atom stereocenters. The van der Waals surface area contributed by atoms with E-state index in [4.69, 9.17) is 0 Å². The number of pyridine rings is 1. The van der Waals surface area contributed by atoms with Gasteiger partial charge in [0.25, 0.3) is 0 Å². The van der Waals surface area contributed by atoms with Gasteiger partial charge in [-0.2, -0.15) is 0 Å². The Hall–Kier alpha value is -1.58. The molecular weight excluding hydrogens is 274 g/mol. The monoisotopic (exact) mass is 299 g/mol. The van der Waals surface area contributed by atoms with E-state index in [1.807, 2.05) is 12.4 Å². The third-order valence-electron chi connectivity index (χ3n) is 5.76. The minimum atomic E-state index is 0.320. The van der Waals surface area contributed by atoms with Crippen LogP contribution < -0.4 is 0 Å². The number of piperidine rings is 2. The highest BCUT2D eigenvalue weighted by molar-refractivity contribution is 5.76. The van der Waals surface area contributed by atoms with Crippen LogP contribution in [0.4, 0.5) is 4.79 Å². The third kappa shape index (κ3) is 2.49. The van der Waals surface area contributed by atoms with Gasteiger partial charge in [0, 0.05) is 37.6 Å². The lowest BCUT2D eigenvalue weighted by molar-refractivity contribution is 0.0991. The van der Waals surface area contributed by atoms with Gasteiger partial charge in [-0.1, -0.05) is 0 Å². The number of rotatable bonds is 1. The van der Waals surface area contributed by atoms with Crippen molar-refractivity contribution in [3.8, 4) is 0 Å². The number of amides is 2. The van der Waals surface area contributed by atoms with Crippen LogP contribution in [0.1, 0.15) is 56.4 Å². The summed E-state index contributed by atoms with van der Waals surface area (Å²) in [5, 5.41) is 0. The van der Waals surface area contributed by atoms with Gasteiger partial charge in [0.05, 0.1) is 0 Å². The maximum absolute atomic E-state index is 12.9. The van der Waals surface area contributed by atoms with E-state index in [0.29, 0.717) is 24.0 Å². The molecule has 0 aliphatic carbocycles. The maximum atomic E-state index is 12.9. The fourth-order valence-corrected chi connectivity index (χ4v) is 4.65. The van der Waals surface area contributed by atoms with Crippen LogP contribution in [0.2, 0.25) is 0 Å². The van der Waals surface area contributed by atoms with Crippen molar-refractivity contribution in [1.29, 1.82) is 0 Å². The SMILES string of the molecule is O=C(N1CCCCC1)N1C2CCC1CC(c1ccncc1)C2. The van der Waals surface area contributed by atoms with E-state index in [1.54, 1.807) is 0 Å². The van der Waals surface area contributed by atoms with Gasteiger partial charge in [-0.05, 0) is 68.6 Å². The highest BCUT2D eigenvalue weighted by atomic mass is 16.2. The Morgan fingerprint density at radius 3 is 2.27 bits per heavy atom. The zero-order chi connectivity index (χ0) is 14.9. The summed E-state index contributed by atoms with van der Waals surface area (Å²) in [6.45, 7) is 1.92. The highest BCUT2D eigenvalue weighted by Crippen LogP contribution is 2.43. The number of fused-ring (bicyclic) bond motifs is 2. The summed E-state index contributed by atoms with van der Waals surface area (Å²) in [5.74, 6) is 0.603. The quantitative estimate of drug-likeness (QED) is 0.797. The number of nitrogens with zero attached hydrogens (tertiary/aromatic N) is 3. The number of aromatic nitrogens is 1. The smallest absolute Gasteiger partial charge is 0.320 e. The molecule has 0 N–H and O–H groups in total. The van der Waals surface area contributed by atoms with Crippen molar-refractivity contribution >= 4 is 6.03 Å². The molecule has 4 nitrogen and oxygen atoms in total. The van der Waals surface area contributed by atoms with Gasteiger partial charge in [0.2, 0.25) is 0 Å². The summed E-state index contributed by atoms with van der Waals surface area (Å²) < 4.78 is 0. The lowest BCUT2D eigenvalue weighted by Gasteiger charge is -2.42. The van der Waals surface area contributed by atoms with Crippen molar-refractivity contribution in [3.63, 3.8) is 0 Å². The second-order valence-electron chi connectivity index (χ2n) is 7.07. The Bertz CT molecular complexity index is 512. The summed E-state index contributed by atoms with van der Waals surface area (Å²) >= 11 is 0. The molecule has 0 saturated carbocycles. The van der Waals surface area contributed by atoms with Gasteiger partial charge >= 0.3 is 6.03 Å². The van der Waals surface area contributed by atoms with Crippen LogP contribution in [-0.2, 0) is 0 Å². The summed E-state index contributed by atoms with van der Waals surface area (Å²) in [5.41, 5.74) is 1.40. The molecule has 0 radical (unpaired) electrons. The Morgan fingerprint density at radius 1 is 1.00 bits per heavy atom. The second-order valence-corrected chi connectivity index (χ2v) is 7.07. The van der Waals surface area contributed by atoms with Crippen LogP contribution in [0, 0.1) is 0 Å². The van der Waals surface area contributed by atoms with E-state index in [0.717, 1.165) is 25.9 Å². The number of urea groups is 1. The van der Waals surface area contributed by atoms with Gasteiger partial charge in [-0.25, -0.2) is 4.79 Å². The molecule has 3 aliphatic heterocycles. The molecule has 3 aliphatic rings. The topological polar surface area (TPSA) is 36.4 Å². The Morgan fingerprint density at radius 2 is 1.64 bits per heavy atom. The fraction of sp³-hybridized carbons (Fsp3) is 0.667. The molecule has 1 aromatic heterocycles. The van der Waals surface area contributed by atoms with Crippen molar-refractivity contribution in [2.24, 2.45) is 0 Å². The second kappa shape index (κ2) is 5.90. The van der Waals surface area contributed by atoms with E-state index >= 15 is 0 Å². The van der Waals surface area contributed by atoms with Gasteiger partial charge in [-0.15, -0.1) is 0 Å². The van der Waals surface area contributed by atoms with Crippen LogP contribution in [0.3, 0.4) is 0 Å². The molecule has 3 saturated heterocycles. The fourth-order valence-electron chi connectivity index (χ4n) is 4.65. The molecule has 4 rings (SSSR count). The van der Waals surface area contributed by atoms with Gasteiger partial charge < -0.3 is 9.80 Å². The molecule has 2 amide bonds. The zero-order valence-electron chi connectivity index (χ0n) is 13.2. The molecule has 0 aromatic carbocycles. The minimum Gasteiger partial charge on any atom is -0.325 e. The van der Waals surface area contributed by atoms with Crippen LogP contribution >= 0.6 is 0 Å². The summed E-state index contributed by atoms with van der Waals surface area (Å²) in [6, 6.07) is 5.51. The normalized spacial score (nSPS) is 31.4. The predicted molar refractivity (Wildman–Crippen MR) is 85.7 cm³/mol. The van der Waals surface area contributed by atoms with Crippen molar-refractivity contribution in [2.45, 2.75) is 62.9 Å². The van der Waals surface area contributed by atoms with Crippen molar-refractivity contribution in [2.75, 3.05) is 13.1 Å². The first-order valence-electron chi connectivity index (χ1n) is 8.80. The summed E-state index contributed by atoms with van der Waals surface area (Å²) in [4.78, 5) is 21.4. The molecule has 2 bridgehead atoms. The maximum Gasteiger partial charge on any atom is 0.320 e. The highest BCUT2D eigenvalue weighted by Gasteiger charge is 2.44. The molecule has 4 heteroatoms. The number of carbonyl (C=O) groups is 1. The first-order valence-corrected chi connectivity index (χ1v) is 8.80. The van der Waals surface area contributed by atoms with E-state index in [1.165, 1.54) is 37.7 Å². The third-order valence-corrected chi connectivity index (χ3v) is 5.76. The summed E-state index contributed by atoms with van der Waals surface area (Å²) in [7, 11) is 0. The average molecular weight is 299 g/mol. The predicted octanol–water partition coefficient (Wildman–Crippen LogP) is 3.40. The average Bonchev–Trinajstić information content (AvgIpc) is 2.85. The lowest BCUT2D eigenvalue weighted by Crippen LogP contribution is -2.53. The Kier molecular flexibility index (Phi) is 3.77. The first-order chi connectivity index (χ1) is 10.8. The molecular formula is C18H25N3O. The lowest BCUT2D eigenvalue weighted by atomic mass is 9.85. The largest absolute Gasteiger partial charge is 0.325 e. The Balaban J connectivity index is 1.48. The first kappa shape index (κ1) is 14.0. The number of hydrogen-bond acceptors (Lipinski definition) is 2. The molecule has 118 valence electrons. The van der Waals surface area contributed by atoms with Crippen LogP contribution in [0.15, 0.2) is 24.5 Å². The van der Waals surface area contributed by atoms with Crippen molar-refractivity contribution < 1.29 is 4.79 Å². The van der Waals surface area contributed by atoms with E-state index in [9.17, 15) is 4.79 Å². The molecule has 2 unspecified atom stereocenters. The zero-order valence-corrected chi connectivity index (χ0v) is 13.2. The molecule has 4 heterocycles. The molecule has 22 heavy (non-hydrogen) atoms. The molecule has 0 spiro atoms. The van der Waals surface area contributed by atoms with Crippen LogP contribution in [0.25, 0.3) is 0 Å². The van der Waals surface area contributed by atoms with Crippen LogP contribution in [-0.4, -0.2) is 46.0 Å². The van der Waals surface area contributed by atoms with Crippen LogP contribution in [0.5, 0.6) is 0 Å². The van der Waals surface area contributed by atoms with Crippen molar-refractivity contribution in [1.82, 2.24) is 14.8 Å². The molecule has 3 fully saturated rings. The molecule has 1 aromatic rings.